The van der Waals surface area contributed by atoms with Crippen LogP contribution < -0.4 is 19.7 Å². The molecule has 9 heteroatoms. The second-order valence-electron chi connectivity index (χ2n) is 7.22. The molecule has 7 nitrogen and oxygen atoms in total. The van der Waals surface area contributed by atoms with Gasteiger partial charge < -0.3 is 9.47 Å². The van der Waals surface area contributed by atoms with Crippen LogP contribution in [-0.2, 0) is 16.2 Å². The molecule has 1 heterocycles. The van der Waals surface area contributed by atoms with E-state index >= 15 is 0 Å². The number of carbonyl (C=O) groups is 3. The lowest BCUT2D eigenvalue weighted by atomic mass is 10.1. The predicted octanol–water partition coefficient (Wildman–Crippen LogP) is 5.36. The lowest BCUT2D eigenvalue weighted by Crippen LogP contribution is -2.54. The Hall–Kier alpha value is -3.62. The first-order valence-corrected chi connectivity index (χ1v) is 11.3. The Balaban J connectivity index is 1.67. The van der Waals surface area contributed by atoms with Gasteiger partial charge in [-0.05, 0) is 54.6 Å². The monoisotopic (exact) mass is 540 g/mol. The molecule has 172 valence electrons. The number of benzene rings is 3. The average molecular weight is 542 g/mol. The van der Waals surface area contributed by atoms with E-state index < -0.39 is 17.8 Å². The smallest absolute Gasteiger partial charge is 0.335 e. The first kappa shape index (κ1) is 23.5. The van der Waals surface area contributed by atoms with E-state index in [9.17, 15) is 14.4 Å². The van der Waals surface area contributed by atoms with Crippen molar-refractivity contribution in [2.24, 2.45) is 0 Å². The van der Waals surface area contributed by atoms with Crippen LogP contribution in [-0.4, -0.2) is 25.0 Å². The van der Waals surface area contributed by atoms with Gasteiger partial charge in [0.05, 0.1) is 12.8 Å². The molecule has 0 radical (unpaired) electrons. The predicted molar refractivity (Wildman–Crippen MR) is 132 cm³/mol. The highest BCUT2D eigenvalue weighted by Crippen LogP contribution is 2.29. The average Bonchev–Trinajstić information content (AvgIpc) is 2.82. The summed E-state index contributed by atoms with van der Waals surface area (Å²) < 4.78 is 11.8. The Morgan fingerprint density at radius 1 is 1.03 bits per heavy atom. The fraction of sp³-hybridized carbons (Fsp3) is 0.0800. The minimum absolute atomic E-state index is 0.189. The summed E-state index contributed by atoms with van der Waals surface area (Å²) in [6.07, 6.45) is 1.40. The molecule has 34 heavy (non-hydrogen) atoms. The molecular weight excluding hydrogens is 524 g/mol. The molecule has 0 aliphatic carbocycles. The summed E-state index contributed by atoms with van der Waals surface area (Å²) in [5.41, 5.74) is 1.35. The second-order valence-corrected chi connectivity index (χ2v) is 8.54. The first-order valence-electron chi connectivity index (χ1n) is 10.1. The van der Waals surface area contributed by atoms with Crippen molar-refractivity contribution in [1.29, 1.82) is 0 Å². The Labute approximate surface area is 209 Å². The maximum absolute atomic E-state index is 13.2. The van der Waals surface area contributed by atoms with Gasteiger partial charge in [0.2, 0.25) is 0 Å². The van der Waals surface area contributed by atoms with Crippen LogP contribution in [0.25, 0.3) is 6.08 Å². The largest absolute Gasteiger partial charge is 0.497 e. The number of barbiturate groups is 1. The second kappa shape index (κ2) is 10.1. The molecule has 0 unspecified atom stereocenters. The number of urea groups is 1. The molecule has 1 aliphatic rings. The quantitative estimate of drug-likeness (QED) is 0.336. The van der Waals surface area contributed by atoms with Crippen LogP contribution in [0.4, 0.5) is 10.5 Å². The number of carbonyl (C=O) groups excluding carboxylic acids is 3. The topological polar surface area (TPSA) is 84.9 Å². The van der Waals surface area contributed by atoms with Gasteiger partial charge in [0.1, 0.15) is 23.7 Å². The van der Waals surface area contributed by atoms with E-state index in [-0.39, 0.29) is 12.2 Å². The van der Waals surface area contributed by atoms with Gasteiger partial charge >= 0.3 is 6.03 Å². The van der Waals surface area contributed by atoms with Gasteiger partial charge in [-0.25, -0.2) is 9.69 Å². The SMILES string of the molecule is COc1ccc(N2C(=O)NC(=O)/C(=C\c3cc(Br)ccc3OCc3ccccc3Cl)C2=O)cc1. The normalized spacial score (nSPS) is 14.9. The number of imide groups is 2. The third-order valence-electron chi connectivity index (χ3n) is 5.04. The van der Waals surface area contributed by atoms with Gasteiger partial charge in [-0.1, -0.05) is 45.7 Å². The first-order chi connectivity index (χ1) is 16.4. The highest BCUT2D eigenvalue weighted by molar-refractivity contribution is 9.10. The van der Waals surface area contributed by atoms with Crippen molar-refractivity contribution in [2.75, 3.05) is 12.0 Å². The lowest BCUT2D eigenvalue weighted by Gasteiger charge is -2.26. The van der Waals surface area contributed by atoms with Gasteiger partial charge in [-0.15, -0.1) is 0 Å². The van der Waals surface area contributed by atoms with E-state index in [0.717, 1.165) is 14.9 Å². The summed E-state index contributed by atoms with van der Waals surface area (Å²) in [6.45, 7) is 0.189. The number of rotatable bonds is 6. The number of hydrogen-bond acceptors (Lipinski definition) is 5. The van der Waals surface area contributed by atoms with E-state index in [1.165, 1.54) is 13.2 Å². The number of nitrogens with one attached hydrogen (secondary N) is 1. The number of amides is 4. The molecule has 4 amide bonds. The molecule has 0 spiro atoms. The van der Waals surface area contributed by atoms with Gasteiger partial charge in [-0.3, -0.25) is 14.9 Å². The van der Waals surface area contributed by atoms with Gasteiger partial charge in [0.15, 0.2) is 0 Å². The highest BCUT2D eigenvalue weighted by Gasteiger charge is 2.37. The van der Waals surface area contributed by atoms with Gasteiger partial charge in [-0.2, -0.15) is 0 Å². The molecule has 0 bridgehead atoms. The zero-order valence-electron chi connectivity index (χ0n) is 17.9. The zero-order chi connectivity index (χ0) is 24.2. The van der Waals surface area contributed by atoms with Crippen molar-refractivity contribution in [3.63, 3.8) is 0 Å². The summed E-state index contributed by atoms with van der Waals surface area (Å²) in [5, 5.41) is 2.78. The van der Waals surface area contributed by atoms with Crippen molar-refractivity contribution < 1.29 is 23.9 Å². The molecule has 0 atom stereocenters. The summed E-state index contributed by atoms with van der Waals surface area (Å²) in [6, 6.07) is 18.0. The molecule has 1 fully saturated rings. The number of hydrogen-bond donors (Lipinski definition) is 1. The molecular formula is C25H18BrClN2O5. The van der Waals surface area contributed by atoms with Crippen LogP contribution in [0.3, 0.4) is 0 Å². The van der Waals surface area contributed by atoms with Gasteiger partial charge in [0, 0.05) is 20.6 Å². The van der Waals surface area contributed by atoms with Crippen molar-refractivity contribution in [3.8, 4) is 11.5 Å². The molecule has 1 aliphatic heterocycles. The molecule has 0 aromatic heterocycles. The Morgan fingerprint density at radius 3 is 2.47 bits per heavy atom. The number of halogens is 2. The van der Waals surface area contributed by atoms with Crippen molar-refractivity contribution in [1.82, 2.24) is 5.32 Å². The summed E-state index contributed by atoms with van der Waals surface area (Å²) >= 11 is 9.62. The van der Waals surface area contributed by atoms with Crippen LogP contribution in [0, 0.1) is 0 Å². The van der Waals surface area contributed by atoms with Crippen LogP contribution in [0.1, 0.15) is 11.1 Å². The minimum Gasteiger partial charge on any atom is -0.497 e. The number of nitrogens with zero attached hydrogens (tertiary/aromatic N) is 1. The summed E-state index contributed by atoms with van der Waals surface area (Å²) in [5.74, 6) is -0.549. The fourth-order valence-electron chi connectivity index (χ4n) is 3.31. The third kappa shape index (κ3) is 4.98. The Bertz CT molecular complexity index is 1310. The summed E-state index contributed by atoms with van der Waals surface area (Å²) in [4.78, 5) is 39.1. The highest BCUT2D eigenvalue weighted by atomic mass is 79.9. The lowest BCUT2D eigenvalue weighted by molar-refractivity contribution is -0.122. The van der Waals surface area contributed by atoms with E-state index in [2.05, 4.69) is 21.2 Å². The molecule has 3 aromatic rings. The maximum Gasteiger partial charge on any atom is 0.335 e. The van der Waals surface area contributed by atoms with Crippen LogP contribution in [0.15, 0.2) is 76.8 Å². The number of methoxy groups -OCH3 is 1. The number of anilines is 1. The Morgan fingerprint density at radius 2 is 1.76 bits per heavy atom. The Kier molecular flexibility index (Phi) is 7.00. The van der Waals surface area contributed by atoms with Crippen LogP contribution >= 0.6 is 27.5 Å². The molecule has 1 saturated heterocycles. The minimum atomic E-state index is -0.832. The van der Waals surface area contributed by atoms with Crippen molar-refractivity contribution >= 4 is 57.1 Å². The van der Waals surface area contributed by atoms with Crippen LogP contribution in [0.5, 0.6) is 11.5 Å². The molecule has 3 aromatic carbocycles. The molecule has 4 rings (SSSR count). The third-order valence-corrected chi connectivity index (χ3v) is 5.91. The van der Waals surface area contributed by atoms with E-state index in [4.69, 9.17) is 21.1 Å². The molecule has 0 saturated carbocycles. The standard InChI is InChI=1S/C25H18BrClN2O5/c1-33-19-9-7-18(8-10-19)29-24(31)20(23(30)28-25(29)32)13-16-12-17(26)6-11-22(16)34-14-15-4-2-3-5-21(15)27/h2-13H,14H2,1H3,(H,28,30,32)/b20-13+. The molecule has 1 N–H and O–H groups in total. The number of ether oxygens (including phenoxy) is 2. The maximum atomic E-state index is 13.2. The van der Waals surface area contributed by atoms with E-state index in [1.54, 1.807) is 48.5 Å². The van der Waals surface area contributed by atoms with E-state index in [0.29, 0.717) is 27.8 Å². The van der Waals surface area contributed by atoms with Crippen molar-refractivity contribution in [2.45, 2.75) is 6.61 Å². The van der Waals surface area contributed by atoms with E-state index in [1.807, 2.05) is 18.2 Å². The fourth-order valence-corrected chi connectivity index (χ4v) is 3.88. The summed E-state index contributed by atoms with van der Waals surface area (Å²) in [7, 11) is 1.51. The zero-order valence-corrected chi connectivity index (χ0v) is 20.2. The van der Waals surface area contributed by atoms with Crippen molar-refractivity contribution in [3.05, 3.63) is 92.9 Å². The van der Waals surface area contributed by atoms with Crippen LogP contribution in [0.2, 0.25) is 5.02 Å². The van der Waals surface area contributed by atoms with Gasteiger partial charge in [0.25, 0.3) is 11.8 Å².